The summed E-state index contributed by atoms with van der Waals surface area (Å²) in [4.78, 5) is 23.8. The monoisotopic (exact) mass is 355 g/mol. The van der Waals surface area contributed by atoms with Gasteiger partial charge in [0.15, 0.2) is 5.82 Å². The molecule has 0 radical (unpaired) electrons. The van der Waals surface area contributed by atoms with Gasteiger partial charge in [-0.2, -0.15) is 10.1 Å². The molecule has 2 atom stereocenters. The quantitative estimate of drug-likeness (QED) is 0.768. The molecule has 0 unspecified atom stereocenters. The Morgan fingerprint density at radius 1 is 1.19 bits per heavy atom. The molecule has 9 nitrogen and oxygen atoms in total. The SMILES string of the molecule is O=C(O)N1C[C@@H]2CN(c3nccc(Nc4cc(C5CC5)[nH]n4)n3)C[C@H]2C1. The average molecular weight is 355 g/mol. The fourth-order valence-electron chi connectivity index (χ4n) is 4.02. The molecule has 0 spiro atoms. The lowest BCUT2D eigenvalue weighted by molar-refractivity contribution is 0.153. The van der Waals surface area contributed by atoms with E-state index in [-0.39, 0.29) is 0 Å². The van der Waals surface area contributed by atoms with Gasteiger partial charge in [0.05, 0.1) is 0 Å². The molecule has 1 saturated carbocycles. The average Bonchev–Trinajstić information content (AvgIpc) is 3.04. The van der Waals surface area contributed by atoms with Crippen molar-refractivity contribution >= 4 is 23.7 Å². The summed E-state index contributed by atoms with van der Waals surface area (Å²) in [6.07, 6.45) is 3.39. The summed E-state index contributed by atoms with van der Waals surface area (Å²) >= 11 is 0. The zero-order valence-corrected chi connectivity index (χ0v) is 14.3. The Bertz CT molecular complexity index is 820. The van der Waals surface area contributed by atoms with Gasteiger partial charge in [0.25, 0.3) is 0 Å². The molecular weight excluding hydrogens is 334 g/mol. The highest BCUT2D eigenvalue weighted by Crippen LogP contribution is 2.39. The zero-order chi connectivity index (χ0) is 17.7. The number of amides is 1. The minimum atomic E-state index is -0.821. The molecular formula is C17H21N7O2. The lowest BCUT2D eigenvalue weighted by Gasteiger charge is -2.20. The number of carbonyl (C=O) groups is 1. The second-order valence-corrected chi connectivity index (χ2v) is 7.46. The summed E-state index contributed by atoms with van der Waals surface area (Å²) in [7, 11) is 0. The van der Waals surface area contributed by atoms with Crippen LogP contribution in [0.15, 0.2) is 18.3 Å². The van der Waals surface area contributed by atoms with Crippen molar-refractivity contribution in [2.45, 2.75) is 18.8 Å². The smallest absolute Gasteiger partial charge is 0.407 e. The van der Waals surface area contributed by atoms with Crippen molar-refractivity contribution < 1.29 is 9.90 Å². The number of nitrogens with zero attached hydrogens (tertiary/aromatic N) is 5. The molecule has 26 heavy (non-hydrogen) atoms. The lowest BCUT2D eigenvalue weighted by atomic mass is 10.0. The first kappa shape index (κ1) is 15.4. The van der Waals surface area contributed by atoms with Crippen molar-refractivity contribution in [2.75, 3.05) is 36.4 Å². The number of H-pyrrole nitrogens is 1. The lowest BCUT2D eigenvalue weighted by Crippen LogP contribution is -2.32. The van der Waals surface area contributed by atoms with Crippen molar-refractivity contribution in [1.29, 1.82) is 0 Å². The van der Waals surface area contributed by atoms with Crippen LogP contribution in [0.25, 0.3) is 0 Å². The minimum absolute atomic E-state index is 0.360. The molecule has 4 heterocycles. The Balaban J connectivity index is 1.26. The highest BCUT2D eigenvalue weighted by atomic mass is 16.4. The first-order valence-electron chi connectivity index (χ1n) is 9.04. The molecule has 2 saturated heterocycles. The van der Waals surface area contributed by atoms with E-state index in [9.17, 15) is 4.79 Å². The third kappa shape index (κ3) is 2.83. The second kappa shape index (κ2) is 5.86. The van der Waals surface area contributed by atoms with Crippen molar-refractivity contribution in [1.82, 2.24) is 25.1 Å². The predicted molar refractivity (Wildman–Crippen MR) is 94.7 cm³/mol. The van der Waals surface area contributed by atoms with Crippen molar-refractivity contribution in [3.8, 4) is 0 Å². The number of likely N-dealkylation sites (tertiary alicyclic amines) is 1. The Morgan fingerprint density at radius 2 is 1.96 bits per heavy atom. The van der Waals surface area contributed by atoms with Crippen LogP contribution < -0.4 is 10.2 Å². The van der Waals surface area contributed by atoms with Crippen LogP contribution in [0.2, 0.25) is 0 Å². The van der Waals surface area contributed by atoms with Crippen LogP contribution in [0.1, 0.15) is 24.5 Å². The molecule has 0 aromatic carbocycles. The summed E-state index contributed by atoms with van der Waals surface area (Å²) in [6.45, 7) is 2.80. The number of aromatic nitrogens is 4. The van der Waals surface area contributed by atoms with Gasteiger partial charge in [-0.15, -0.1) is 0 Å². The summed E-state index contributed by atoms with van der Waals surface area (Å²) in [5.74, 6) is 3.52. The maximum Gasteiger partial charge on any atom is 0.407 e. The highest BCUT2D eigenvalue weighted by molar-refractivity contribution is 5.65. The maximum atomic E-state index is 11.1. The van der Waals surface area contributed by atoms with Gasteiger partial charge in [-0.05, 0) is 18.9 Å². The number of hydrogen-bond acceptors (Lipinski definition) is 6. The first-order valence-corrected chi connectivity index (χ1v) is 9.04. The number of fused-ring (bicyclic) bond motifs is 1. The number of anilines is 3. The number of rotatable bonds is 4. The Kier molecular flexibility index (Phi) is 3.47. The van der Waals surface area contributed by atoms with E-state index in [4.69, 9.17) is 5.11 Å². The van der Waals surface area contributed by atoms with Crippen LogP contribution in [0, 0.1) is 11.8 Å². The van der Waals surface area contributed by atoms with Gasteiger partial charge < -0.3 is 20.2 Å². The van der Waals surface area contributed by atoms with Gasteiger partial charge in [0.1, 0.15) is 5.82 Å². The molecule has 2 aliphatic heterocycles. The molecule has 0 bridgehead atoms. The Hall–Kier alpha value is -2.84. The van der Waals surface area contributed by atoms with Crippen LogP contribution in [-0.2, 0) is 0 Å². The molecule has 136 valence electrons. The topological polar surface area (TPSA) is 110 Å². The minimum Gasteiger partial charge on any atom is -0.465 e. The molecule has 5 rings (SSSR count). The van der Waals surface area contributed by atoms with Gasteiger partial charge in [-0.1, -0.05) is 0 Å². The number of carboxylic acid groups (broad SMARTS) is 1. The van der Waals surface area contributed by atoms with Crippen LogP contribution in [0.3, 0.4) is 0 Å². The Morgan fingerprint density at radius 3 is 2.65 bits per heavy atom. The van der Waals surface area contributed by atoms with Gasteiger partial charge in [-0.3, -0.25) is 5.10 Å². The van der Waals surface area contributed by atoms with E-state index in [1.165, 1.54) is 23.4 Å². The number of hydrogen-bond donors (Lipinski definition) is 3. The Labute approximate surface area is 150 Å². The summed E-state index contributed by atoms with van der Waals surface area (Å²) in [6, 6.07) is 3.87. The molecule has 1 aliphatic carbocycles. The highest BCUT2D eigenvalue weighted by Gasteiger charge is 2.42. The fourth-order valence-corrected chi connectivity index (χ4v) is 4.02. The van der Waals surface area contributed by atoms with Gasteiger partial charge in [-0.25, -0.2) is 9.78 Å². The molecule has 3 fully saturated rings. The van der Waals surface area contributed by atoms with Crippen LogP contribution in [-0.4, -0.2) is 62.4 Å². The van der Waals surface area contributed by atoms with Gasteiger partial charge in [0.2, 0.25) is 5.95 Å². The fraction of sp³-hybridized carbons (Fsp3) is 0.529. The maximum absolute atomic E-state index is 11.1. The first-order chi connectivity index (χ1) is 12.7. The summed E-state index contributed by atoms with van der Waals surface area (Å²) < 4.78 is 0. The van der Waals surface area contributed by atoms with Crippen LogP contribution in [0.4, 0.5) is 22.4 Å². The van der Waals surface area contributed by atoms with E-state index in [0.29, 0.717) is 42.6 Å². The zero-order valence-electron chi connectivity index (χ0n) is 14.3. The van der Waals surface area contributed by atoms with Gasteiger partial charge in [0, 0.05) is 61.9 Å². The van der Waals surface area contributed by atoms with E-state index in [1.807, 2.05) is 12.1 Å². The van der Waals surface area contributed by atoms with Crippen molar-refractivity contribution in [3.05, 3.63) is 24.0 Å². The predicted octanol–water partition coefficient (Wildman–Crippen LogP) is 1.87. The third-order valence-electron chi connectivity index (χ3n) is 5.55. The van der Waals surface area contributed by atoms with Crippen LogP contribution >= 0.6 is 0 Å². The molecule has 3 N–H and O–H groups in total. The van der Waals surface area contributed by atoms with E-state index in [2.05, 4.69) is 30.4 Å². The normalized spacial score (nSPS) is 24.8. The van der Waals surface area contributed by atoms with E-state index >= 15 is 0 Å². The number of nitrogens with one attached hydrogen (secondary N) is 2. The molecule has 3 aliphatic rings. The molecule has 2 aromatic rings. The summed E-state index contributed by atoms with van der Waals surface area (Å²) in [5.41, 5.74) is 1.18. The van der Waals surface area contributed by atoms with E-state index in [0.717, 1.165) is 18.9 Å². The van der Waals surface area contributed by atoms with E-state index < -0.39 is 6.09 Å². The van der Waals surface area contributed by atoms with Gasteiger partial charge >= 0.3 is 6.09 Å². The van der Waals surface area contributed by atoms with Crippen LogP contribution in [0.5, 0.6) is 0 Å². The van der Waals surface area contributed by atoms with E-state index in [1.54, 1.807) is 6.20 Å². The largest absolute Gasteiger partial charge is 0.465 e. The molecule has 9 heteroatoms. The molecule has 1 amide bonds. The van der Waals surface area contributed by atoms with Crippen molar-refractivity contribution in [2.24, 2.45) is 11.8 Å². The van der Waals surface area contributed by atoms with Crippen molar-refractivity contribution in [3.63, 3.8) is 0 Å². The second-order valence-electron chi connectivity index (χ2n) is 7.46. The standard InChI is InChI=1S/C17H21N7O2/c25-17(26)24-8-11-6-23(7-12(11)9-24)16-18-4-3-14(20-16)19-15-5-13(21-22-15)10-1-2-10/h3-5,10-12H,1-2,6-9H2,(H,25,26)(H2,18,19,20,21,22)/t11-,12-/m0/s1. The number of aromatic amines is 1. The summed E-state index contributed by atoms with van der Waals surface area (Å²) in [5, 5.41) is 19.8. The molecule has 2 aromatic heterocycles. The third-order valence-corrected chi connectivity index (χ3v) is 5.55.